The third-order valence-corrected chi connectivity index (χ3v) is 3.98. The lowest BCUT2D eigenvalue weighted by Gasteiger charge is -2.33. The molecule has 0 saturated carbocycles. The number of rotatable bonds is 4. The van der Waals surface area contributed by atoms with Crippen LogP contribution < -0.4 is 5.32 Å². The number of benzene rings is 1. The molecule has 0 saturated heterocycles. The van der Waals surface area contributed by atoms with Gasteiger partial charge < -0.3 is 15.2 Å². The molecule has 2 rings (SSSR count). The van der Waals surface area contributed by atoms with Crippen molar-refractivity contribution >= 4 is 5.69 Å². The van der Waals surface area contributed by atoms with Gasteiger partial charge in [-0.2, -0.15) is 0 Å². The molecule has 0 amide bonds. The average molecular weight is 261 g/mol. The fraction of sp³-hybridized carbons (Fsp3) is 0.500. The molecule has 1 aliphatic rings. The van der Waals surface area contributed by atoms with Gasteiger partial charge in [-0.25, -0.2) is 0 Å². The first kappa shape index (κ1) is 13.8. The van der Waals surface area contributed by atoms with E-state index in [2.05, 4.69) is 25.7 Å². The Morgan fingerprint density at radius 3 is 2.95 bits per heavy atom. The average Bonchev–Trinajstić information content (AvgIpc) is 2.37. The SMILES string of the molecule is C=C(OC)C(C)(C)CC1CNc2cc(O)ccc2C1. The summed E-state index contributed by atoms with van der Waals surface area (Å²) in [5, 5.41) is 12.9. The van der Waals surface area contributed by atoms with Crippen LogP contribution in [0.25, 0.3) is 0 Å². The molecule has 0 fully saturated rings. The molecular weight excluding hydrogens is 238 g/mol. The molecule has 2 N–H and O–H groups in total. The normalized spacial score (nSPS) is 18.4. The molecule has 1 atom stereocenters. The van der Waals surface area contributed by atoms with E-state index in [-0.39, 0.29) is 5.41 Å². The van der Waals surface area contributed by atoms with E-state index in [9.17, 15) is 5.11 Å². The minimum Gasteiger partial charge on any atom is -0.508 e. The lowest BCUT2D eigenvalue weighted by molar-refractivity contribution is 0.170. The number of hydrogen-bond acceptors (Lipinski definition) is 3. The highest BCUT2D eigenvalue weighted by Gasteiger charge is 2.29. The summed E-state index contributed by atoms with van der Waals surface area (Å²) < 4.78 is 5.29. The Morgan fingerprint density at radius 2 is 2.26 bits per heavy atom. The number of anilines is 1. The van der Waals surface area contributed by atoms with E-state index < -0.39 is 0 Å². The summed E-state index contributed by atoms with van der Waals surface area (Å²) in [5.41, 5.74) is 2.31. The van der Waals surface area contributed by atoms with E-state index in [0.717, 1.165) is 30.8 Å². The summed E-state index contributed by atoms with van der Waals surface area (Å²) in [6, 6.07) is 5.55. The first-order valence-corrected chi connectivity index (χ1v) is 6.71. The molecule has 1 heterocycles. The number of phenols is 1. The van der Waals surface area contributed by atoms with Crippen LogP contribution in [0.15, 0.2) is 30.5 Å². The predicted octanol–water partition coefficient (Wildman–Crippen LogP) is 3.55. The van der Waals surface area contributed by atoms with E-state index in [1.54, 1.807) is 19.2 Å². The third kappa shape index (κ3) is 3.03. The second-order valence-electron chi connectivity index (χ2n) is 6.01. The number of allylic oxidation sites excluding steroid dienone is 1. The zero-order chi connectivity index (χ0) is 14.0. The summed E-state index contributed by atoms with van der Waals surface area (Å²) in [6.45, 7) is 9.26. The highest BCUT2D eigenvalue weighted by molar-refractivity contribution is 5.56. The van der Waals surface area contributed by atoms with Gasteiger partial charge in [0.05, 0.1) is 12.9 Å². The van der Waals surface area contributed by atoms with Crippen molar-refractivity contribution in [1.29, 1.82) is 0 Å². The van der Waals surface area contributed by atoms with Crippen LogP contribution in [0.4, 0.5) is 5.69 Å². The number of hydrogen-bond donors (Lipinski definition) is 2. The summed E-state index contributed by atoms with van der Waals surface area (Å²) in [4.78, 5) is 0. The Kier molecular flexibility index (Phi) is 3.74. The van der Waals surface area contributed by atoms with E-state index in [1.165, 1.54) is 5.56 Å². The first-order valence-electron chi connectivity index (χ1n) is 6.71. The van der Waals surface area contributed by atoms with Gasteiger partial charge in [0.15, 0.2) is 0 Å². The highest BCUT2D eigenvalue weighted by atomic mass is 16.5. The van der Waals surface area contributed by atoms with E-state index in [0.29, 0.717) is 11.7 Å². The summed E-state index contributed by atoms with van der Waals surface area (Å²) in [6.07, 6.45) is 2.07. The third-order valence-electron chi connectivity index (χ3n) is 3.98. The van der Waals surface area contributed by atoms with Gasteiger partial charge in [-0.1, -0.05) is 26.5 Å². The van der Waals surface area contributed by atoms with E-state index in [4.69, 9.17) is 4.74 Å². The van der Waals surface area contributed by atoms with Gasteiger partial charge in [0, 0.05) is 23.7 Å². The number of fused-ring (bicyclic) bond motifs is 1. The maximum atomic E-state index is 9.48. The van der Waals surface area contributed by atoms with Gasteiger partial charge in [-0.05, 0) is 30.4 Å². The lowest BCUT2D eigenvalue weighted by Crippen LogP contribution is -2.29. The molecule has 1 unspecified atom stereocenters. The molecule has 0 bridgehead atoms. The largest absolute Gasteiger partial charge is 0.508 e. The molecular formula is C16H23NO2. The number of ether oxygens (including phenoxy) is 1. The topological polar surface area (TPSA) is 41.5 Å². The lowest BCUT2D eigenvalue weighted by atomic mass is 9.78. The zero-order valence-electron chi connectivity index (χ0n) is 12.0. The van der Waals surface area contributed by atoms with Crippen LogP contribution in [0.1, 0.15) is 25.8 Å². The predicted molar refractivity (Wildman–Crippen MR) is 78.3 cm³/mol. The molecule has 3 heteroatoms. The number of aromatic hydroxyl groups is 1. The van der Waals surface area contributed by atoms with Crippen molar-refractivity contribution in [3.8, 4) is 5.75 Å². The Bertz CT molecular complexity index is 480. The molecule has 1 aromatic carbocycles. The number of phenolic OH excluding ortho intramolecular Hbond substituents is 1. The molecule has 0 aromatic heterocycles. The van der Waals surface area contributed by atoms with Crippen molar-refractivity contribution in [2.75, 3.05) is 19.0 Å². The van der Waals surface area contributed by atoms with Crippen LogP contribution in [0.5, 0.6) is 5.75 Å². The van der Waals surface area contributed by atoms with Crippen LogP contribution in [0.3, 0.4) is 0 Å². The quantitative estimate of drug-likeness (QED) is 0.814. The molecule has 1 aromatic rings. The second kappa shape index (κ2) is 5.16. The minimum absolute atomic E-state index is 0.0183. The van der Waals surface area contributed by atoms with Gasteiger partial charge >= 0.3 is 0 Å². The molecule has 3 nitrogen and oxygen atoms in total. The fourth-order valence-corrected chi connectivity index (χ4v) is 2.80. The fourth-order valence-electron chi connectivity index (χ4n) is 2.80. The van der Waals surface area contributed by atoms with Crippen LogP contribution in [-0.2, 0) is 11.2 Å². The highest BCUT2D eigenvalue weighted by Crippen LogP contribution is 2.37. The van der Waals surface area contributed by atoms with Gasteiger partial charge in [0.25, 0.3) is 0 Å². The Morgan fingerprint density at radius 1 is 1.53 bits per heavy atom. The monoisotopic (exact) mass is 261 g/mol. The molecule has 0 radical (unpaired) electrons. The minimum atomic E-state index is -0.0183. The van der Waals surface area contributed by atoms with Gasteiger partial charge in [0.2, 0.25) is 0 Å². The van der Waals surface area contributed by atoms with E-state index in [1.807, 2.05) is 6.07 Å². The first-order chi connectivity index (χ1) is 8.92. The van der Waals surface area contributed by atoms with Crippen LogP contribution in [0, 0.1) is 11.3 Å². The molecule has 0 spiro atoms. The number of nitrogens with one attached hydrogen (secondary N) is 1. The van der Waals surface area contributed by atoms with Crippen molar-refractivity contribution < 1.29 is 9.84 Å². The standard InChI is InChI=1S/C16H23NO2/c1-11(19-4)16(2,3)9-12-7-13-5-6-14(18)8-15(13)17-10-12/h5-6,8,12,17-18H,1,7,9-10H2,2-4H3. The zero-order valence-corrected chi connectivity index (χ0v) is 12.0. The van der Waals surface area contributed by atoms with Crippen LogP contribution >= 0.6 is 0 Å². The number of methoxy groups -OCH3 is 1. The molecule has 104 valence electrons. The summed E-state index contributed by atoms with van der Waals surface area (Å²) >= 11 is 0. The van der Waals surface area contributed by atoms with E-state index >= 15 is 0 Å². The summed E-state index contributed by atoms with van der Waals surface area (Å²) in [5.74, 6) is 1.71. The van der Waals surface area contributed by atoms with Crippen molar-refractivity contribution in [3.63, 3.8) is 0 Å². The smallest absolute Gasteiger partial charge is 0.117 e. The van der Waals surface area contributed by atoms with Crippen LogP contribution in [-0.4, -0.2) is 18.8 Å². The van der Waals surface area contributed by atoms with Gasteiger partial charge in [0.1, 0.15) is 5.75 Å². The van der Waals surface area contributed by atoms with Gasteiger partial charge in [-0.3, -0.25) is 0 Å². The second-order valence-corrected chi connectivity index (χ2v) is 6.01. The van der Waals surface area contributed by atoms with Crippen LogP contribution in [0.2, 0.25) is 0 Å². The van der Waals surface area contributed by atoms with Crippen molar-refractivity contribution in [3.05, 3.63) is 36.1 Å². The Labute approximate surface area is 115 Å². The van der Waals surface area contributed by atoms with Crippen molar-refractivity contribution in [2.24, 2.45) is 11.3 Å². The maximum absolute atomic E-state index is 9.48. The Hall–Kier alpha value is -1.64. The van der Waals surface area contributed by atoms with Crippen molar-refractivity contribution in [1.82, 2.24) is 0 Å². The summed E-state index contributed by atoms with van der Waals surface area (Å²) in [7, 11) is 1.68. The molecule has 1 aliphatic heterocycles. The molecule has 19 heavy (non-hydrogen) atoms. The van der Waals surface area contributed by atoms with Gasteiger partial charge in [-0.15, -0.1) is 0 Å². The Balaban J connectivity index is 2.06. The maximum Gasteiger partial charge on any atom is 0.117 e. The molecule has 0 aliphatic carbocycles. The van der Waals surface area contributed by atoms with Crippen molar-refractivity contribution in [2.45, 2.75) is 26.7 Å².